The molecule has 0 spiro atoms. The Kier molecular flexibility index (Phi) is 1.62. The van der Waals surface area contributed by atoms with Crippen LogP contribution >= 0.6 is 0 Å². The molecule has 0 amide bonds. The predicted molar refractivity (Wildman–Crippen MR) is 56.9 cm³/mol. The van der Waals surface area contributed by atoms with Gasteiger partial charge in [-0.05, 0) is 17.2 Å². The lowest BCUT2D eigenvalue weighted by Crippen LogP contribution is -2.07. The molecule has 0 saturated heterocycles. The van der Waals surface area contributed by atoms with Gasteiger partial charge < -0.3 is 4.42 Å². The monoisotopic (exact) mass is 196 g/mol. The van der Waals surface area contributed by atoms with Crippen molar-refractivity contribution in [1.82, 2.24) is 0 Å². The van der Waals surface area contributed by atoms with E-state index in [9.17, 15) is 4.79 Å². The molecule has 2 heteroatoms. The summed E-state index contributed by atoms with van der Waals surface area (Å²) in [5.41, 5.74) is 2.41. The molecule has 0 aromatic heterocycles. The molecule has 3 aliphatic rings. The minimum absolute atomic E-state index is 0.239. The van der Waals surface area contributed by atoms with Crippen molar-refractivity contribution >= 4 is 0 Å². The van der Waals surface area contributed by atoms with Gasteiger partial charge in [-0.1, -0.05) is 42.5 Å². The normalized spacial score (nSPS) is 10.9. The lowest BCUT2D eigenvalue weighted by molar-refractivity contribution is 0.440. The summed E-state index contributed by atoms with van der Waals surface area (Å²) < 4.78 is 4.94. The molecular weight excluding hydrogens is 188 g/mol. The molecule has 0 saturated carbocycles. The molecular formula is C13H8O2. The molecule has 1 aliphatic heterocycles. The summed E-state index contributed by atoms with van der Waals surface area (Å²) in [6, 6.07) is 15.4. The van der Waals surface area contributed by atoms with E-state index in [-0.39, 0.29) is 5.63 Å². The van der Waals surface area contributed by atoms with Crippen LogP contribution in [0, 0.1) is 10.6 Å². The largest absolute Gasteiger partial charge is 0.422 e. The van der Waals surface area contributed by atoms with Crippen LogP contribution in [0.2, 0.25) is 0 Å². The van der Waals surface area contributed by atoms with Gasteiger partial charge in [0.25, 0.3) is 0 Å². The SMILES string of the molecule is O=c1oc2cccc3cccccc-3c1=2. The minimum atomic E-state index is -0.239. The molecule has 0 atom stereocenters. The van der Waals surface area contributed by atoms with Crippen LogP contribution in [0.4, 0.5) is 0 Å². The van der Waals surface area contributed by atoms with E-state index in [4.69, 9.17) is 4.42 Å². The first-order valence-electron chi connectivity index (χ1n) is 4.77. The highest BCUT2D eigenvalue weighted by molar-refractivity contribution is 5.63. The number of rotatable bonds is 0. The fourth-order valence-electron chi connectivity index (χ4n) is 1.79. The quantitative estimate of drug-likeness (QED) is 0.553. The molecule has 0 bridgehead atoms. The summed E-state index contributed by atoms with van der Waals surface area (Å²) in [4.78, 5) is 11.4. The standard InChI is InChI=1S/C13H8O2/c14-13-12-10-7-3-1-2-5-9(10)6-4-8-11(12)15-13/h1-8H. The van der Waals surface area contributed by atoms with Crippen LogP contribution in [0.3, 0.4) is 0 Å². The van der Waals surface area contributed by atoms with Gasteiger partial charge in [0.15, 0.2) is 0 Å². The molecule has 0 unspecified atom stereocenters. The van der Waals surface area contributed by atoms with Gasteiger partial charge >= 0.3 is 5.63 Å². The van der Waals surface area contributed by atoms with Gasteiger partial charge in [0.05, 0.1) is 0 Å². The van der Waals surface area contributed by atoms with Crippen molar-refractivity contribution in [1.29, 1.82) is 0 Å². The second kappa shape index (κ2) is 2.95. The molecule has 72 valence electrons. The Morgan fingerprint density at radius 2 is 1.67 bits per heavy atom. The molecule has 2 nitrogen and oxygen atoms in total. The highest BCUT2D eigenvalue weighted by atomic mass is 16.4. The molecule has 3 rings (SSSR count). The van der Waals surface area contributed by atoms with E-state index >= 15 is 0 Å². The first-order valence-corrected chi connectivity index (χ1v) is 4.77. The van der Waals surface area contributed by atoms with Crippen molar-refractivity contribution in [2.45, 2.75) is 0 Å². The molecule has 0 N–H and O–H groups in total. The van der Waals surface area contributed by atoms with E-state index in [1.165, 1.54) is 0 Å². The second-order valence-corrected chi connectivity index (χ2v) is 3.43. The zero-order chi connectivity index (χ0) is 10.3. The van der Waals surface area contributed by atoms with Crippen LogP contribution in [0.15, 0.2) is 57.7 Å². The van der Waals surface area contributed by atoms with Crippen molar-refractivity contribution in [3.63, 3.8) is 0 Å². The van der Waals surface area contributed by atoms with Crippen LogP contribution in [0.5, 0.6) is 0 Å². The second-order valence-electron chi connectivity index (χ2n) is 3.43. The van der Waals surface area contributed by atoms with Crippen molar-refractivity contribution in [2.24, 2.45) is 0 Å². The maximum Gasteiger partial charge on any atom is 0.348 e. The highest BCUT2D eigenvalue weighted by Gasteiger charge is 2.08. The zero-order valence-corrected chi connectivity index (χ0v) is 7.94. The maximum absolute atomic E-state index is 11.4. The maximum atomic E-state index is 11.4. The van der Waals surface area contributed by atoms with Crippen molar-refractivity contribution < 1.29 is 4.42 Å². The van der Waals surface area contributed by atoms with Crippen LogP contribution in [0.1, 0.15) is 0 Å². The average molecular weight is 196 g/mol. The molecule has 15 heavy (non-hydrogen) atoms. The fourth-order valence-corrected chi connectivity index (χ4v) is 1.79. The third-order valence-corrected chi connectivity index (χ3v) is 2.52. The van der Waals surface area contributed by atoms with Crippen LogP contribution in [0.25, 0.3) is 11.1 Å². The Morgan fingerprint density at radius 1 is 0.867 bits per heavy atom. The molecule has 0 radical (unpaired) electrons. The Hall–Kier alpha value is -2.09. The van der Waals surface area contributed by atoms with Crippen LogP contribution in [-0.2, 0) is 0 Å². The highest BCUT2D eigenvalue weighted by Crippen LogP contribution is 2.20. The Balaban J connectivity index is 2.61. The third-order valence-electron chi connectivity index (χ3n) is 2.52. The fraction of sp³-hybridized carbons (Fsp3) is 0. The predicted octanol–water partition coefficient (Wildman–Crippen LogP) is 2.47. The summed E-state index contributed by atoms with van der Waals surface area (Å²) in [6.45, 7) is 0. The van der Waals surface area contributed by atoms with Crippen LogP contribution < -0.4 is 5.63 Å². The molecule has 0 aromatic carbocycles. The lowest BCUT2D eigenvalue weighted by atomic mass is 10.1. The van der Waals surface area contributed by atoms with Gasteiger partial charge in [0.1, 0.15) is 10.6 Å². The molecule has 0 fully saturated rings. The van der Waals surface area contributed by atoms with Crippen molar-refractivity contribution in [3.8, 4) is 11.1 Å². The molecule has 2 aliphatic carbocycles. The first-order chi connectivity index (χ1) is 7.36. The van der Waals surface area contributed by atoms with E-state index in [1.54, 1.807) is 0 Å². The lowest BCUT2D eigenvalue weighted by Gasteiger charge is -1.97. The van der Waals surface area contributed by atoms with E-state index < -0.39 is 0 Å². The third kappa shape index (κ3) is 1.15. The summed E-state index contributed by atoms with van der Waals surface area (Å²) in [5, 5.41) is 0.686. The Labute approximate surface area is 85.8 Å². The molecule has 1 heterocycles. The van der Waals surface area contributed by atoms with E-state index in [0.717, 1.165) is 11.1 Å². The smallest absolute Gasteiger partial charge is 0.348 e. The van der Waals surface area contributed by atoms with Gasteiger partial charge in [-0.25, -0.2) is 4.79 Å². The zero-order valence-electron chi connectivity index (χ0n) is 7.94. The minimum Gasteiger partial charge on any atom is -0.422 e. The van der Waals surface area contributed by atoms with E-state index in [1.807, 2.05) is 48.5 Å². The first kappa shape index (κ1) is 8.24. The van der Waals surface area contributed by atoms with E-state index in [0.29, 0.717) is 10.6 Å². The van der Waals surface area contributed by atoms with Crippen LogP contribution in [-0.4, -0.2) is 0 Å². The summed E-state index contributed by atoms with van der Waals surface area (Å²) in [7, 11) is 0. The average Bonchev–Trinajstić information content (AvgIpc) is 2.48. The topological polar surface area (TPSA) is 30.2 Å². The van der Waals surface area contributed by atoms with Gasteiger partial charge in [0, 0.05) is 0 Å². The number of fused-ring (bicyclic) bond motifs is 2. The summed E-state index contributed by atoms with van der Waals surface area (Å²) >= 11 is 0. The Morgan fingerprint density at radius 3 is 2.53 bits per heavy atom. The number of hydrogen-bond acceptors (Lipinski definition) is 2. The van der Waals surface area contributed by atoms with Crippen molar-refractivity contribution in [3.05, 3.63) is 69.6 Å². The molecule has 0 aromatic rings. The number of hydrogen-bond donors (Lipinski definition) is 0. The van der Waals surface area contributed by atoms with Crippen molar-refractivity contribution in [2.75, 3.05) is 0 Å². The van der Waals surface area contributed by atoms with Gasteiger partial charge in [-0.3, -0.25) is 0 Å². The summed E-state index contributed by atoms with van der Waals surface area (Å²) in [6.07, 6.45) is 0. The summed E-state index contributed by atoms with van der Waals surface area (Å²) in [5.74, 6) is 0. The van der Waals surface area contributed by atoms with Gasteiger partial charge in [0.2, 0.25) is 0 Å². The van der Waals surface area contributed by atoms with E-state index in [2.05, 4.69) is 0 Å². The van der Waals surface area contributed by atoms with Gasteiger partial charge in [-0.2, -0.15) is 0 Å². The Bertz CT molecular complexity index is 696. The van der Waals surface area contributed by atoms with Gasteiger partial charge in [-0.15, -0.1) is 0 Å².